The van der Waals surface area contributed by atoms with Gasteiger partial charge in [0.05, 0.1) is 12.2 Å². The van der Waals surface area contributed by atoms with E-state index >= 15 is 0 Å². The molecular formula is C16H16FNO2. The zero-order chi connectivity index (χ0) is 14.5. The molecule has 0 saturated heterocycles. The van der Waals surface area contributed by atoms with Crippen molar-refractivity contribution in [2.75, 3.05) is 0 Å². The molecule has 0 fully saturated rings. The minimum Gasteiger partial charge on any atom is -0.392 e. The number of halogens is 1. The van der Waals surface area contributed by atoms with Gasteiger partial charge in [-0.05, 0) is 29.7 Å². The maximum absolute atomic E-state index is 13.8. The molecule has 2 rings (SSSR count). The maximum Gasteiger partial charge on any atom is 0.254 e. The summed E-state index contributed by atoms with van der Waals surface area (Å²) in [6.07, 6.45) is 0. The Morgan fingerprint density at radius 3 is 2.65 bits per heavy atom. The third-order valence-electron chi connectivity index (χ3n) is 3.06. The van der Waals surface area contributed by atoms with E-state index in [9.17, 15) is 9.18 Å². The van der Waals surface area contributed by atoms with Crippen molar-refractivity contribution in [3.63, 3.8) is 0 Å². The van der Waals surface area contributed by atoms with E-state index in [1.165, 1.54) is 6.07 Å². The third-order valence-corrected chi connectivity index (χ3v) is 3.06. The average Bonchev–Trinajstić information content (AvgIpc) is 2.48. The number of carbonyl (C=O) groups excluding carboxylic acids is 1. The average molecular weight is 273 g/mol. The highest BCUT2D eigenvalue weighted by molar-refractivity contribution is 5.94. The SMILES string of the molecule is Cc1cccc(C(=O)NCc2cccc(CO)c2)c1F. The molecule has 0 unspecified atom stereocenters. The monoisotopic (exact) mass is 273 g/mol. The van der Waals surface area contributed by atoms with Gasteiger partial charge in [-0.25, -0.2) is 4.39 Å². The van der Waals surface area contributed by atoms with Crippen LogP contribution in [-0.2, 0) is 13.2 Å². The molecule has 0 saturated carbocycles. The third kappa shape index (κ3) is 3.22. The first-order valence-electron chi connectivity index (χ1n) is 6.34. The van der Waals surface area contributed by atoms with Crippen molar-refractivity contribution in [1.29, 1.82) is 0 Å². The summed E-state index contributed by atoms with van der Waals surface area (Å²) in [5, 5.41) is 11.7. The quantitative estimate of drug-likeness (QED) is 0.899. The molecule has 0 radical (unpaired) electrons. The largest absolute Gasteiger partial charge is 0.392 e. The van der Waals surface area contributed by atoms with E-state index in [2.05, 4.69) is 5.32 Å². The lowest BCUT2D eigenvalue weighted by molar-refractivity contribution is 0.0946. The number of hydrogen-bond acceptors (Lipinski definition) is 2. The fourth-order valence-corrected chi connectivity index (χ4v) is 1.94. The normalized spacial score (nSPS) is 10.3. The fraction of sp³-hybridized carbons (Fsp3) is 0.188. The summed E-state index contributed by atoms with van der Waals surface area (Å²) in [6.45, 7) is 1.87. The van der Waals surface area contributed by atoms with E-state index in [0.29, 0.717) is 12.1 Å². The van der Waals surface area contributed by atoms with Crippen LogP contribution in [-0.4, -0.2) is 11.0 Å². The molecule has 104 valence electrons. The maximum atomic E-state index is 13.8. The van der Waals surface area contributed by atoms with Gasteiger partial charge in [0.2, 0.25) is 0 Å². The Bertz CT molecular complexity index is 626. The summed E-state index contributed by atoms with van der Waals surface area (Å²) in [7, 11) is 0. The number of hydrogen-bond donors (Lipinski definition) is 2. The number of aryl methyl sites for hydroxylation is 1. The zero-order valence-electron chi connectivity index (χ0n) is 11.2. The predicted octanol–water partition coefficient (Wildman–Crippen LogP) is 2.56. The highest BCUT2D eigenvalue weighted by atomic mass is 19.1. The van der Waals surface area contributed by atoms with Gasteiger partial charge in [-0.3, -0.25) is 4.79 Å². The number of carbonyl (C=O) groups is 1. The van der Waals surface area contributed by atoms with Crippen molar-refractivity contribution in [3.8, 4) is 0 Å². The Morgan fingerprint density at radius 1 is 1.20 bits per heavy atom. The molecule has 0 spiro atoms. The lowest BCUT2D eigenvalue weighted by atomic mass is 10.1. The number of benzene rings is 2. The summed E-state index contributed by atoms with van der Waals surface area (Å²) < 4.78 is 13.8. The molecule has 2 aromatic carbocycles. The van der Waals surface area contributed by atoms with Crippen molar-refractivity contribution in [2.24, 2.45) is 0 Å². The molecule has 0 bridgehead atoms. The number of aliphatic hydroxyl groups is 1. The lowest BCUT2D eigenvalue weighted by Crippen LogP contribution is -2.24. The Kier molecular flexibility index (Phi) is 4.48. The van der Waals surface area contributed by atoms with Gasteiger partial charge in [0, 0.05) is 6.54 Å². The van der Waals surface area contributed by atoms with Crippen LogP contribution in [0.15, 0.2) is 42.5 Å². The first kappa shape index (κ1) is 14.2. The molecule has 2 N–H and O–H groups in total. The van der Waals surface area contributed by atoms with Crippen molar-refractivity contribution >= 4 is 5.91 Å². The molecular weight excluding hydrogens is 257 g/mol. The second-order valence-corrected chi connectivity index (χ2v) is 4.60. The van der Waals surface area contributed by atoms with Crippen LogP contribution in [0.1, 0.15) is 27.0 Å². The van der Waals surface area contributed by atoms with Gasteiger partial charge in [0.1, 0.15) is 5.82 Å². The standard InChI is InChI=1S/C16H16FNO2/c1-11-4-2-7-14(15(11)17)16(20)18-9-12-5-3-6-13(8-12)10-19/h2-8,19H,9-10H2,1H3,(H,18,20). The van der Waals surface area contributed by atoms with E-state index < -0.39 is 11.7 Å². The fourth-order valence-electron chi connectivity index (χ4n) is 1.94. The Hall–Kier alpha value is -2.20. The van der Waals surface area contributed by atoms with E-state index in [1.807, 2.05) is 6.07 Å². The Balaban J connectivity index is 2.06. The second-order valence-electron chi connectivity index (χ2n) is 4.60. The van der Waals surface area contributed by atoms with Crippen molar-refractivity contribution in [1.82, 2.24) is 5.32 Å². The van der Waals surface area contributed by atoms with Gasteiger partial charge < -0.3 is 10.4 Å². The van der Waals surface area contributed by atoms with Crippen LogP contribution in [0.3, 0.4) is 0 Å². The Morgan fingerprint density at radius 2 is 1.90 bits per heavy atom. The smallest absolute Gasteiger partial charge is 0.254 e. The molecule has 1 amide bonds. The van der Waals surface area contributed by atoms with E-state index in [4.69, 9.17) is 5.11 Å². The van der Waals surface area contributed by atoms with Gasteiger partial charge in [-0.1, -0.05) is 36.4 Å². The summed E-state index contributed by atoms with van der Waals surface area (Å²) in [6, 6.07) is 12.0. The van der Waals surface area contributed by atoms with Gasteiger partial charge in [-0.15, -0.1) is 0 Å². The van der Waals surface area contributed by atoms with E-state index in [0.717, 1.165) is 11.1 Å². The molecule has 0 aliphatic heterocycles. The summed E-state index contributed by atoms with van der Waals surface area (Å²) in [4.78, 5) is 11.9. The van der Waals surface area contributed by atoms with Crippen LogP contribution in [0.2, 0.25) is 0 Å². The van der Waals surface area contributed by atoms with Crippen LogP contribution in [0.5, 0.6) is 0 Å². The van der Waals surface area contributed by atoms with Crippen LogP contribution in [0.25, 0.3) is 0 Å². The van der Waals surface area contributed by atoms with Crippen LogP contribution in [0, 0.1) is 12.7 Å². The van der Waals surface area contributed by atoms with E-state index in [1.54, 1.807) is 37.3 Å². The molecule has 0 atom stereocenters. The highest BCUT2D eigenvalue weighted by Crippen LogP contribution is 2.12. The topological polar surface area (TPSA) is 49.3 Å². The van der Waals surface area contributed by atoms with Crippen molar-refractivity contribution in [2.45, 2.75) is 20.1 Å². The van der Waals surface area contributed by atoms with Gasteiger partial charge in [-0.2, -0.15) is 0 Å². The summed E-state index contributed by atoms with van der Waals surface area (Å²) >= 11 is 0. The number of amides is 1. The van der Waals surface area contributed by atoms with Crippen molar-refractivity contribution in [3.05, 3.63) is 70.5 Å². The van der Waals surface area contributed by atoms with Crippen molar-refractivity contribution < 1.29 is 14.3 Å². The Labute approximate surface area is 117 Å². The number of aliphatic hydroxyl groups excluding tert-OH is 1. The van der Waals surface area contributed by atoms with Gasteiger partial charge >= 0.3 is 0 Å². The molecule has 20 heavy (non-hydrogen) atoms. The van der Waals surface area contributed by atoms with Crippen LogP contribution in [0.4, 0.5) is 4.39 Å². The van der Waals surface area contributed by atoms with Gasteiger partial charge in [0.15, 0.2) is 0 Å². The minimum atomic E-state index is -0.492. The second kappa shape index (κ2) is 6.30. The molecule has 0 aliphatic rings. The van der Waals surface area contributed by atoms with Gasteiger partial charge in [0.25, 0.3) is 5.91 Å². The predicted molar refractivity (Wildman–Crippen MR) is 74.7 cm³/mol. The lowest BCUT2D eigenvalue weighted by Gasteiger charge is -2.08. The molecule has 4 heteroatoms. The van der Waals surface area contributed by atoms with Crippen LogP contribution < -0.4 is 5.32 Å². The summed E-state index contributed by atoms with van der Waals surface area (Å²) in [5.41, 5.74) is 2.12. The van der Waals surface area contributed by atoms with Crippen LogP contribution >= 0.6 is 0 Å². The minimum absolute atomic E-state index is 0.0447. The first-order chi connectivity index (χ1) is 9.61. The first-order valence-corrected chi connectivity index (χ1v) is 6.34. The molecule has 0 aliphatic carbocycles. The highest BCUT2D eigenvalue weighted by Gasteiger charge is 2.12. The zero-order valence-corrected chi connectivity index (χ0v) is 11.2. The molecule has 3 nitrogen and oxygen atoms in total. The number of nitrogens with one attached hydrogen (secondary N) is 1. The van der Waals surface area contributed by atoms with E-state index in [-0.39, 0.29) is 12.2 Å². The molecule has 2 aromatic rings. The molecule has 0 heterocycles. The number of rotatable bonds is 4. The molecule has 0 aromatic heterocycles. The summed E-state index contributed by atoms with van der Waals surface area (Å²) in [5.74, 6) is -0.935.